The molecule has 0 fully saturated rings. The number of allylic oxidation sites excluding steroid dienone is 2. The van der Waals surface area contributed by atoms with Gasteiger partial charge >= 0.3 is 5.97 Å². The maximum Gasteiger partial charge on any atom is 0.343 e. The molecule has 5 heteroatoms. The monoisotopic (exact) mass is 232 g/mol. The van der Waals surface area contributed by atoms with Crippen LogP contribution in [0.4, 0.5) is 5.69 Å². The van der Waals surface area contributed by atoms with E-state index in [1.807, 2.05) is 12.5 Å². The number of carbonyl (C=O) groups excluding carboxylic acids is 1. The van der Waals surface area contributed by atoms with Crippen LogP contribution >= 0.6 is 0 Å². The highest BCUT2D eigenvalue weighted by Crippen LogP contribution is 2.20. The van der Waals surface area contributed by atoms with Gasteiger partial charge in [0.25, 0.3) is 5.69 Å². The third-order valence-electron chi connectivity index (χ3n) is 2.40. The topological polar surface area (TPSA) is 69.4 Å². The number of benzene rings is 1. The minimum atomic E-state index is -0.510. The number of rotatable bonds is 3. The quantitative estimate of drug-likeness (QED) is 0.456. The summed E-state index contributed by atoms with van der Waals surface area (Å²) < 4.78 is 5.12. The van der Waals surface area contributed by atoms with E-state index in [-0.39, 0.29) is 5.69 Å². The molecule has 0 unspecified atom stereocenters. The molecule has 1 radical (unpaired) electrons. The fraction of sp³-hybridized carbons (Fsp3) is 0.167. The number of hydrogen-bond acceptors (Lipinski definition) is 4. The van der Waals surface area contributed by atoms with E-state index in [0.717, 1.165) is 6.42 Å². The van der Waals surface area contributed by atoms with E-state index in [1.165, 1.54) is 24.3 Å². The molecule has 0 spiro atoms. The minimum absolute atomic E-state index is 0.0463. The van der Waals surface area contributed by atoms with Crippen LogP contribution in [0.2, 0.25) is 0 Å². The van der Waals surface area contributed by atoms with E-state index in [4.69, 9.17) is 4.74 Å². The Kier molecular flexibility index (Phi) is 3.18. The molecular weight excluding hydrogens is 222 g/mol. The largest absolute Gasteiger partial charge is 0.428 e. The second kappa shape index (κ2) is 4.78. The molecule has 1 aliphatic carbocycles. The lowest BCUT2D eigenvalue weighted by Gasteiger charge is -2.04. The maximum absolute atomic E-state index is 11.6. The Labute approximate surface area is 97.9 Å². The Morgan fingerprint density at radius 3 is 2.53 bits per heavy atom. The van der Waals surface area contributed by atoms with Gasteiger partial charge in [0.2, 0.25) is 0 Å². The van der Waals surface area contributed by atoms with Crippen LogP contribution in [0, 0.1) is 16.5 Å². The number of hydrogen-bond donors (Lipinski definition) is 0. The van der Waals surface area contributed by atoms with Gasteiger partial charge in [-0.15, -0.1) is 0 Å². The van der Waals surface area contributed by atoms with Crippen LogP contribution in [-0.4, -0.2) is 10.9 Å². The van der Waals surface area contributed by atoms with Crippen LogP contribution in [-0.2, 0) is 4.74 Å². The summed E-state index contributed by atoms with van der Waals surface area (Å²) in [6, 6.07) is 5.34. The fourth-order valence-electron chi connectivity index (χ4n) is 1.50. The lowest BCUT2D eigenvalue weighted by molar-refractivity contribution is -0.384. The van der Waals surface area contributed by atoms with Crippen molar-refractivity contribution in [3.8, 4) is 0 Å². The van der Waals surface area contributed by atoms with E-state index in [9.17, 15) is 14.9 Å². The molecule has 0 bridgehead atoms. The van der Waals surface area contributed by atoms with Gasteiger partial charge in [0.05, 0.1) is 10.5 Å². The Morgan fingerprint density at radius 2 is 2.00 bits per heavy atom. The van der Waals surface area contributed by atoms with E-state index in [0.29, 0.717) is 17.7 Å². The van der Waals surface area contributed by atoms with Crippen molar-refractivity contribution in [2.24, 2.45) is 0 Å². The van der Waals surface area contributed by atoms with Crippen molar-refractivity contribution in [2.75, 3.05) is 0 Å². The van der Waals surface area contributed by atoms with E-state index in [1.54, 1.807) is 0 Å². The Balaban J connectivity index is 2.06. The number of nitro groups is 1. The van der Waals surface area contributed by atoms with E-state index >= 15 is 0 Å². The Bertz CT molecular complexity index is 476. The first-order valence-corrected chi connectivity index (χ1v) is 5.14. The summed E-state index contributed by atoms with van der Waals surface area (Å²) in [5.41, 5.74) is 0.262. The molecule has 0 saturated heterocycles. The molecule has 0 heterocycles. The summed E-state index contributed by atoms with van der Waals surface area (Å²) in [4.78, 5) is 21.6. The van der Waals surface area contributed by atoms with Crippen LogP contribution in [0.15, 0.2) is 36.1 Å². The number of carbonyl (C=O) groups is 1. The van der Waals surface area contributed by atoms with Gasteiger partial charge in [0.15, 0.2) is 0 Å². The summed E-state index contributed by atoms with van der Waals surface area (Å²) in [5, 5.41) is 10.4. The molecule has 0 aliphatic heterocycles. The molecule has 1 aromatic carbocycles. The van der Waals surface area contributed by atoms with Crippen molar-refractivity contribution in [3.05, 3.63) is 58.2 Å². The van der Waals surface area contributed by atoms with Gasteiger partial charge in [-0.1, -0.05) is 0 Å². The van der Waals surface area contributed by atoms with Crippen LogP contribution in [0.25, 0.3) is 0 Å². The van der Waals surface area contributed by atoms with E-state index < -0.39 is 10.9 Å². The van der Waals surface area contributed by atoms with Gasteiger partial charge in [0, 0.05) is 18.6 Å². The first kappa shape index (κ1) is 11.3. The molecule has 0 amide bonds. The molecule has 0 aromatic heterocycles. The third kappa shape index (κ3) is 2.69. The standard InChI is InChI=1S/C12H10NO4/c14-12(17-11-3-1-2-4-11)9-5-7-10(8-6-9)13(15)16/h1,4-8H,2-3H2. The number of nitro benzene ring substituents is 1. The van der Waals surface area contributed by atoms with Crippen LogP contribution < -0.4 is 0 Å². The first-order valence-electron chi connectivity index (χ1n) is 5.14. The van der Waals surface area contributed by atoms with Gasteiger partial charge in [0.1, 0.15) is 5.76 Å². The lowest BCUT2D eigenvalue weighted by Crippen LogP contribution is -2.04. The first-order chi connectivity index (χ1) is 8.16. The zero-order valence-electron chi connectivity index (χ0n) is 8.96. The molecular formula is C12H10NO4. The molecule has 5 nitrogen and oxygen atoms in total. The van der Waals surface area contributed by atoms with Crippen molar-refractivity contribution in [1.82, 2.24) is 0 Å². The summed E-state index contributed by atoms with van der Waals surface area (Å²) in [6.07, 6.45) is 5.29. The summed E-state index contributed by atoms with van der Waals surface area (Å²) in [7, 11) is 0. The molecule has 1 aliphatic rings. The normalized spacial score (nSPS) is 14.2. The van der Waals surface area contributed by atoms with Crippen molar-refractivity contribution in [1.29, 1.82) is 0 Å². The molecule has 87 valence electrons. The third-order valence-corrected chi connectivity index (χ3v) is 2.40. The molecule has 17 heavy (non-hydrogen) atoms. The molecule has 1 aromatic rings. The van der Waals surface area contributed by atoms with E-state index in [2.05, 4.69) is 0 Å². The number of nitrogens with zero attached hydrogens (tertiary/aromatic N) is 1. The SMILES string of the molecule is O=C(OC1=CC[CH]C1)c1ccc([N+](=O)[O-])cc1. The zero-order valence-corrected chi connectivity index (χ0v) is 8.96. The average molecular weight is 232 g/mol. The maximum atomic E-state index is 11.6. The second-order valence-electron chi connectivity index (χ2n) is 3.59. The van der Waals surface area contributed by atoms with Crippen LogP contribution in [0.1, 0.15) is 23.2 Å². The number of non-ortho nitro benzene ring substituents is 1. The highest BCUT2D eigenvalue weighted by molar-refractivity contribution is 5.90. The molecule has 0 N–H and O–H groups in total. The predicted octanol–water partition coefficient (Wildman–Crippen LogP) is 2.63. The highest BCUT2D eigenvalue weighted by atomic mass is 16.6. The van der Waals surface area contributed by atoms with Gasteiger partial charge in [-0.2, -0.15) is 0 Å². The summed E-state index contributed by atoms with van der Waals surface area (Å²) in [6.45, 7) is 0. The second-order valence-corrected chi connectivity index (χ2v) is 3.59. The predicted molar refractivity (Wildman–Crippen MR) is 60.1 cm³/mol. The highest BCUT2D eigenvalue weighted by Gasteiger charge is 2.14. The van der Waals surface area contributed by atoms with Crippen molar-refractivity contribution >= 4 is 11.7 Å². The van der Waals surface area contributed by atoms with Crippen molar-refractivity contribution in [2.45, 2.75) is 12.8 Å². The molecule has 0 atom stereocenters. The number of esters is 1. The summed E-state index contributed by atoms with van der Waals surface area (Å²) >= 11 is 0. The van der Waals surface area contributed by atoms with Gasteiger partial charge in [-0.25, -0.2) is 4.79 Å². The van der Waals surface area contributed by atoms with Gasteiger partial charge < -0.3 is 4.74 Å². The lowest BCUT2D eigenvalue weighted by atomic mass is 10.2. The molecule has 0 saturated carbocycles. The molecule has 2 rings (SSSR count). The van der Waals surface area contributed by atoms with Gasteiger partial charge in [-0.05, 0) is 31.1 Å². The van der Waals surface area contributed by atoms with Gasteiger partial charge in [-0.3, -0.25) is 10.1 Å². The Morgan fingerprint density at radius 1 is 1.29 bits per heavy atom. The minimum Gasteiger partial charge on any atom is -0.428 e. The summed E-state index contributed by atoms with van der Waals surface area (Å²) in [5.74, 6) is 0.148. The number of ether oxygens (including phenoxy) is 1. The fourth-order valence-corrected chi connectivity index (χ4v) is 1.50. The van der Waals surface area contributed by atoms with Crippen LogP contribution in [0.3, 0.4) is 0 Å². The average Bonchev–Trinajstić information content (AvgIpc) is 2.82. The van der Waals surface area contributed by atoms with Crippen molar-refractivity contribution < 1.29 is 14.5 Å². The zero-order chi connectivity index (χ0) is 12.3. The smallest absolute Gasteiger partial charge is 0.343 e. The van der Waals surface area contributed by atoms with Crippen molar-refractivity contribution in [3.63, 3.8) is 0 Å². The van der Waals surface area contributed by atoms with Crippen LogP contribution in [0.5, 0.6) is 0 Å². The Hall–Kier alpha value is -2.17.